The molecule has 18 heavy (non-hydrogen) atoms. The van der Waals surface area contributed by atoms with Gasteiger partial charge in [-0.25, -0.2) is 9.48 Å². The fourth-order valence-corrected chi connectivity index (χ4v) is 1.70. The van der Waals surface area contributed by atoms with E-state index in [4.69, 9.17) is 21.4 Å². The van der Waals surface area contributed by atoms with Crippen LogP contribution in [0.25, 0.3) is 5.69 Å². The SMILES string of the molecule is COc1ccc(C(=O)O)c(-n2cc(Cl)c(C)n2)c1. The molecule has 2 rings (SSSR count). The number of methoxy groups -OCH3 is 1. The van der Waals surface area contributed by atoms with Gasteiger partial charge < -0.3 is 9.84 Å². The fourth-order valence-electron chi connectivity index (χ4n) is 1.57. The first kappa shape index (κ1) is 12.4. The summed E-state index contributed by atoms with van der Waals surface area (Å²) in [4.78, 5) is 11.2. The van der Waals surface area contributed by atoms with Gasteiger partial charge in [0.1, 0.15) is 5.75 Å². The molecule has 1 aromatic carbocycles. The topological polar surface area (TPSA) is 64.3 Å². The zero-order valence-corrected chi connectivity index (χ0v) is 10.6. The predicted octanol–water partition coefficient (Wildman–Crippen LogP) is 2.54. The van der Waals surface area contributed by atoms with Gasteiger partial charge in [0.05, 0.1) is 29.1 Å². The monoisotopic (exact) mass is 266 g/mol. The number of halogens is 1. The minimum absolute atomic E-state index is 0.134. The van der Waals surface area contributed by atoms with Crippen LogP contribution in [0.3, 0.4) is 0 Å². The van der Waals surface area contributed by atoms with Crippen LogP contribution in [0, 0.1) is 6.92 Å². The highest BCUT2D eigenvalue weighted by atomic mass is 35.5. The van der Waals surface area contributed by atoms with Gasteiger partial charge in [0, 0.05) is 12.3 Å². The molecule has 0 bridgehead atoms. The Kier molecular flexibility index (Phi) is 3.25. The zero-order valence-electron chi connectivity index (χ0n) is 9.85. The molecule has 0 saturated heterocycles. The number of aromatic nitrogens is 2. The molecule has 1 N–H and O–H groups in total. The molecule has 1 heterocycles. The summed E-state index contributed by atoms with van der Waals surface area (Å²) in [5.41, 5.74) is 1.18. The van der Waals surface area contributed by atoms with Crippen molar-refractivity contribution in [3.8, 4) is 11.4 Å². The number of hydrogen-bond donors (Lipinski definition) is 1. The van der Waals surface area contributed by atoms with E-state index in [-0.39, 0.29) is 5.56 Å². The Hall–Kier alpha value is -2.01. The van der Waals surface area contributed by atoms with Crippen molar-refractivity contribution in [1.29, 1.82) is 0 Å². The maximum Gasteiger partial charge on any atom is 0.337 e. The minimum Gasteiger partial charge on any atom is -0.497 e. The molecular formula is C12H11ClN2O3. The van der Waals surface area contributed by atoms with E-state index < -0.39 is 5.97 Å². The summed E-state index contributed by atoms with van der Waals surface area (Å²) in [6, 6.07) is 4.67. The maximum atomic E-state index is 11.2. The van der Waals surface area contributed by atoms with Crippen molar-refractivity contribution in [2.45, 2.75) is 6.92 Å². The lowest BCUT2D eigenvalue weighted by atomic mass is 10.1. The Morgan fingerprint density at radius 3 is 2.72 bits per heavy atom. The second kappa shape index (κ2) is 4.70. The van der Waals surface area contributed by atoms with Gasteiger partial charge in [0.25, 0.3) is 0 Å². The van der Waals surface area contributed by atoms with Crippen LogP contribution in [0.2, 0.25) is 5.02 Å². The lowest BCUT2D eigenvalue weighted by Gasteiger charge is -2.08. The molecule has 0 spiro atoms. The summed E-state index contributed by atoms with van der Waals surface area (Å²) < 4.78 is 6.52. The maximum absolute atomic E-state index is 11.2. The summed E-state index contributed by atoms with van der Waals surface area (Å²) >= 11 is 5.92. The molecule has 6 heteroatoms. The highest BCUT2D eigenvalue weighted by molar-refractivity contribution is 6.31. The number of carboxylic acids is 1. The summed E-state index contributed by atoms with van der Waals surface area (Å²) in [5, 5.41) is 13.8. The Morgan fingerprint density at radius 2 is 2.22 bits per heavy atom. The van der Waals surface area contributed by atoms with Crippen LogP contribution in [-0.4, -0.2) is 28.0 Å². The van der Waals surface area contributed by atoms with E-state index in [0.717, 1.165) is 0 Å². The van der Waals surface area contributed by atoms with E-state index in [9.17, 15) is 4.79 Å². The van der Waals surface area contributed by atoms with E-state index in [2.05, 4.69) is 5.10 Å². The van der Waals surface area contributed by atoms with Gasteiger partial charge in [0.15, 0.2) is 0 Å². The number of carboxylic acid groups (broad SMARTS) is 1. The molecule has 1 aromatic heterocycles. The van der Waals surface area contributed by atoms with Crippen molar-refractivity contribution < 1.29 is 14.6 Å². The molecule has 0 unspecified atom stereocenters. The molecular weight excluding hydrogens is 256 g/mol. The number of benzene rings is 1. The second-order valence-electron chi connectivity index (χ2n) is 3.70. The van der Waals surface area contributed by atoms with Crippen molar-refractivity contribution in [2.75, 3.05) is 7.11 Å². The lowest BCUT2D eigenvalue weighted by molar-refractivity contribution is 0.0696. The number of carbonyl (C=O) groups is 1. The van der Waals surface area contributed by atoms with Gasteiger partial charge in [-0.2, -0.15) is 5.10 Å². The minimum atomic E-state index is -1.03. The van der Waals surface area contributed by atoms with E-state index in [0.29, 0.717) is 22.2 Å². The van der Waals surface area contributed by atoms with E-state index in [1.807, 2.05) is 0 Å². The fraction of sp³-hybridized carbons (Fsp3) is 0.167. The van der Waals surface area contributed by atoms with Crippen LogP contribution in [0.15, 0.2) is 24.4 Å². The van der Waals surface area contributed by atoms with E-state index >= 15 is 0 Å². The van der Waals surface area contributed by atoms with Gasteiger partial charge in [-0.3, -0.25) is 0 Å². The normalized spacial score (nSPS) is 10.4. The van der Waals surface area contributed by atoms with Gasteiger partial charge in [-0.1, -0.05) is 11.6 Å². The van der Waals surface area contributed by atoms with Crippen LogP contribution in [0.5, 0.6) is 5.75 Å². The Balaban J connectivity index is 2.63. The molecule has 0 aliphatic rings. The molecule has 94 valence electrons. The Bertz CT molecular complexity index is 588. The highest BCUT2D eigenvalue weighted by Gasteiger charge is 2.14. The molecule has 0 radical (unpaired) electrons. The Labute approximate surface area is 109 Å². The van der Waals surface area contributed by atoms with Gasteiger partial charge in [-0.15, -0.1) is 0 Å². The third-order valence-corrected chi connectivity index (χ3v) is 2.89. The number of nitrogens with zero attached hydrogens (tertiary/aromatic N) is 2. The van der Waals surface area contributed by atoms with E-state index in [1.54, 1.807) is 25.3 Å². The van der Waals surface area contributed by atoms with Gasteiger partial charge in [-0.05, 0) is 19.1 Å². The molecule has 5 nitrogen and oxygen atoms in total. The number of aromatic carboxylic acids is 1. The van der Waals surface area contributed by atoms with Crippen LogP contribution in [0.1, 0.15) is 16.1 Å². The van der Waals surface area contributed by atoms with Crippen molar-refractivity contribution in [3.05, 3.63) is 40.7 Å². The summed E-state index contributed by atoms with van der Waals surface area (Å²) in [6.45, 7) is 1.75. The van der Waals surface area contributed by atoms with Crippen LogP contribution >= 0.6 is 11.6 Å². The van der Waals surface area contributed by atoms with Crippen LogP contribution in [0.4, 0.5) is 0 Å². The van der Waals surface area contributed by atoms with Gasteiger partial charge >= 0.3 is 5.97 Å². The predicted molar refractivity (Wildman–Crippen MR) is 66.8 cm³/mol. The summed E-state index contributed by atoms with van der Waals surface area (Å²) in [5.74, 6) is -0.476. The first-order valence-electron chi connectivity index (χ1n) is 5.16. The second-order valence-corrected chi connectivity index (χ2v) is 4.10. The quantitative estimate of drug-likeness (QED) is 0.927. The summed E-state index contributed by atoms with van der Waals surface area (Å²) in [6.07, 6.45) is 1.57. The largest absolute Gasteiger partial charge is 0.497 e. The third kappa shape index (κ3) is 2.17. The van der Waals surface area contributed by atoms with Gasteiger partial charge in [0.2, 0.25) is 0 Å². The molecule has 0 aliphatic carbocycles. The molecule has 2 aromatic rings. The molecule has 0 amide bonds. The number of rotatable bonds is 3. The molecule has 0 aliphatic heterocycles. The Morgan fingerprint density at radius 1 is 1.50 bits per heavy atom. The standard InChI is InChI=1S/C12H11ClN2O3/c1-7-10(13)6-15(14-7)11-5-8(18-2)3-4-9(11)12(16)17/h3-6H,1-2H3,(H,16,17). The first-order valence-corrected chi connectivity index (χ1v) is 5.54. The average molecular weight is 267 g/mol. The molecule has 0 atom stereocenters. The average Bonchev–Trinajstić information content (AvgIpc) is 2.68. The van der Waals surface area contributed by atoms with Crippen LogP contribution in [-0.2, 0) is 0 Å². The van der Waals surface area contributed by atoms with Crippen LogP contribution < -0.4 is 4.74 Å². The summed E-state index contributed by atoms with van der Waals surface area (Å²) in [7, 11) is 1.51. The smallest absolute Gasteiger partial charge is 0.337 e. The lowest BCUT2D eigenvalue weighted by Crippen LogP contribution is -2.06. The highest BCUT2D eigenvalue weighted by Crippen LogP contribution is 2.23. The zero-order chi connectivity index (χ0) is 13.3. The van der Waals surface area contributed by atoms with E-state index in [1.165, 1.54) is 17.9 Å². The van der Waals surface area contributed by atoms with Crippen molar-refractivity contribution in [2.24, 2.45) is 0 Å². The number of hydrogen-bond acceptors (Lipinski definition) is 3. The molecule has 0 saturated carbocycles. The first-order chi connectivity index (χ1) is 8.52. The number of aryl methyl sites for hydroxylation is 1. The number of ether oxygens (including phenoxy) is 1. The molecule has 0 fully saturated rings. The van der Waals surface area contributed by atoms with Crippen molar-refractivity contribution in [1.82, 2.24) is 9.78 Å². The van der Waals surface area contributed by atoms with Crippen molar-refractivity contribution in [3.63, 3.8) is 0 Å². The third-order valence-electron chi connectivity index (χ3n) is 2.52. The van der Waals surface area contributed by atoms with Crippen molar-refractivity contribution >= 4 is 17.6 Å².